The van der Waals surface area contributed by atoms with Gasteiger partial charge in [0.2, 0.25) is 0 Å². The number of ether oxygens (including phenoxy) is 1. The molecule has 0 atom stereocenters. The molecule has 0 aromatic heterocycles. The molecule has 1 fully saturated rings. The van der Waals surface area contributed by atoms with E-state index in [1.807, 2.05) is 30.0 Å². The van der Waals surface area contributed by atoms with Gasteiger partial charge in [0.1, 0.15) is 4.99 Å². The number of thiocarbonyl (C=S) groups is 1. The Kier molecular flexibility index (Phi) is 6.10. The van der Waals surface area contributed by atoms with E-state index in [0.29, 0.717) is 4.99 Å². The predicted octanol–water partition coefficient (Wildman–Crippen LogP) is 1.89. The number of nitrogens with zero attached hydrogens (tertiary/aromatic N) is 1. The molecule has 104 valence electrons. The van der Waals surface area contributed by atoms with Crippen molar-refractivity contribution < 1.29 is 4.74 Å². The van der Waals surface area contributed by atoms with Gasteiger partial charge in [0.25, 0.3) is 0 Å². The first-order chi connectivity index (χ1) is 9.27. The highest BCUT2D eigenvalue weighted by Crippen LogP contribution is 2.17. The fourth-order valence-electron chi connectivity index (χ4n) is 2.09. The lowest BCUT2D eigenvalue weighted by molar-refractivity contribution is 0.0410. The molecule has 1 saturated heterocycles. The molecule has 0 saturated carbocycles. The van der Waals surface area contributed by atoms with Crippen molar-refractivity contribution in [3.8, 4) is 0 Å². The number of benzene rings is 1. The maximum absolute atomic E-state index is 5.74. The van der Waals surface area contributed by atoms with Crippen LogP contribution in [0.15, 0.2) is 24.3 Å². The second-order valence-electron chi connectivity index (χ2n) is 4.53. The summed E-state index contributed by atoms with van der Waals surface area (Å²) in [6, 6.07) is 8.13. The summed E-state index contributed by atoms with van der Waals surface area (Å²) in [5.74, 6) is 2.10. The quantitative estimate of drug-likeness (QED) is 0.641. The van der Waals surface area contributed by atoms with Gasteiger partial charge in [-0.25, -0.2) is 0 Å². The first-order valence-electron chi connectivity index (χ1n) is 6.53. The number of hydrogen-bond acceptors (Lipinski definition) is 4. The van der Waals surface area contributed by atoms with Gasteiger partial charge in [-0.1, -0.05) is 36.5 Å². The van der Waals surface area contributed by atoms with E-state index in [1.165, 1.54) is 5.56 Å². The van der Waals surface area contributed by atoms with Crippen molar-refractivity contribution in [2.75, 3.05) is 38.6 Å². The summed E-state index contributed by atoms with van der Waals surface area (Å²) in [5.41, 5.74) is 7.98. The van der Waals surface area contributed by atoms with Crippen molar-refractivity contribution in [3.63, 3.8) is 0 Å². The number of morpholine rings is 1. The molecular formula is C14H20N2OS2. The zero-order valence-electron chi connectivity index (χ0n) is 11.0. The molecule has 3 nitrogen and oxygen atoms in total. The molecule has 1 aromatic rings. The second-order valence-corrected chi connectivity index (χ2v) is 6.07. The van der Waals surface area contributed by atoms with E-state index in [4.69, 9.17) is 22.7 Å². The third-order valence-corrected chi connectivity index (χ3v) is 4.40. The molecule has 0 aliphatic carbocycles. The average Bonchev–Trinajstić information content (AvgIpc) is 2.45. The molecule has 0 bridgehead atoms. The summed E-state index contributed by atoms with van der Waals surface area (Å²) in [6.07, 6.45) is 0. The largest absolute Gasteiger partial charge is 0.389 e. The highest BCUT2D eigenvalue weighted by Gasteiger charge is 2.10. The lowest BCUT2D eigenvalue weighted by Crippen LogP contribution is -2.37. The van der Waals surface area contributed by atoms with Crippen LogP contribution in [0.3, 0.4) is 0 Å². The van der Waals surface area contributed by atoms with Gasteiger partial charge in [0.15, 0.2) is 0 Å². The molecule has 1 aliphatic heterocycles. The van der Waals surface area contributed by atoms with Gasteiger partial charge < -0.3 is 10.5 Å². The molecular weight excluding hydrogens is 276 g/mol. The van der Waals surface area contributed by atoms with E-state index in [1.54, 1.807) is 0 Å². The number of rotatable bonds is 6. The van der Waals surface area contributed by atoms with Crippen molar-refractivity contribution in [1.82, 2.24) is 4.90 Å². The molecule has 5 heteroatoms. The van der Waals surface area contributed by atoms with Crippen LogP contribution in [0.4, 0.5) is 0 Å². The van der Waals surface area contributed by atoms with E-state index in [2.05, 4.69) is 11.0 Å². The summed E-state index contributed by atoms with van der Waals surface area (Å²) >= 11 is 7.01. The first-order valence-corrected chi connectivity index (χ1v) is 8.09. The zero-order valence-corrected chi connectivity index (χ0v) is 12.6. The number of thioether (sulfide) groups is 1. The highest BCUT2D eigenvalue weighted by atomic mass is 32.2. The van der Waals surface area contributed by atoms with Crippen LogP contribution in [0, 0.1) is 0 Å². The standard InChI is InChI=1S/C14H20N2OS2/c15-14(18)13-4-2-1-3-12(13)11-19-10-7-16-5-8-17-9-6-16/h1-4H,5-11H2,(H2,15,18). The van der Waals surface area contributed by atoms with Crippen molar-refractivity contribution >= 4 is 29.0 Å². The fourth-order valence-corrected chi connectivity index (χ4v) is 3.29. The van der Waals surface area contributed by atoms with E-state index in [-0.39, 0.29) is 0 Å². The van der Waals surface area contributed by atoms with Gasteiger partial charge in [-0.2, -0.15) is 11.8 Å². The van der Waals surface area contributed by atoms with Gasteiger partial charge in [0.05, 0.1) is 13.2 Å². The topological polar surface area (TPSA) is 38.5 Å². The monoisotopic (exact) mass is 296 g/mol. The second kappa shape index (κ2) is 7.85. The molecule has 0 spiro atoms. The van der Waals surface area contributed by atoms with Gasteiger partial charge >= 0.3 is 0 Å². The molecule has 0 amide bonds. The summed E-state index contributed by atoms with van der Waals surface area (Å²) in [5, 5.41) is 0. The van der Waals surface area contributed by atoms with E-state index < -0.39 is 0 Å². The molecule has 2 rings (SSSR count). The van der Waals surface area contributed by atoms with Crippen LogP contribution in [0.5, 0.6) is 0 Å². The van der Waals surface area contributed by atoms with Gasteiger partial charge in [-0.3, -0.25) is 4.90 Å². The summed E-state index contributed by atoms with van der Waals surface area (Å²) < 4.78 is 5.34. The Hall–Kier alpha value is -0.620. The minimum absolute atomic E-state index is 0.490. The van der Waals surface area contributed by atoms with E-state index >= 15 is 0 Å². The first kappa shape index (κ1) is 14.8. The Morgan fingerprint density at radius 1 is 1.32 bits per heavy atom. The van der Waals surface area contributed by atoms with Crippen LogP contribution in [0.25, 0.3) is 0 Å². The molecule has 1 aromatic carbocycles. The Bertz CT molecular complexity index is 420. The molecule has 1 aliphatic rings. The minimum atomic E-state index is 0.490. The van der Waals surface area contributed by atoms with Crippen LogP contribution in [-0.2, 0) is 10.5 Å². The maximum atomic E-state index is 5.74. The van der Waals surface area contributed by atoms with Crippen LogP contribution < -0.4 is 5.73 Å². The molecule has 19 heavy (non-hydrogen) atoms. The Morgan fingerprint density at radius 3 is 2.79 bits per heavy atom. The molecule has 0 radical (unpaired) electrons. The maximum Gasteiger partial charge on any atom is 0.104 e. The summed E-state index contributed by atoms with van der Waals surface area (Å²) in [4.78, 5) is 2.94. The van der Waals surface area contributed by atoms with Crippen LogP contribution in [-0.4, -0.2) is 48.5 Å². The molecule has 1 heterocycles. The summed E-state index contributed by atoms with van der Waals surface area (Å²) in [6.45, 7) is 4.99. The Balaban J connectivity index is 1.74. The van der Waals surface area contributed by atoms with Gasteiger partial charge in [-0.15, -0.1) is 0 Å². The lowest BCUT2D eigenvalue weighted by atomic mass is 10.1. The third-order valence-electron chi connectivity index (χ3n) is 3.20. The smallest absolute Gasteiger partial charge is 0.104 e. The van der Waals surface area contributed by atoms with E-state index in [9.17, 15) is 0 Å². The number of hydrogen-bond donors (Lipinski definition) is 1. The van der Waals surface area contributed by atoms with Crippen LogP contribution in [0.2, 0.25) is 0 Å². The van der Waals surface area contributed by atoms with Crippen molar-refractivity contribution in [1.29, 1.82) is 0 Å². The molecule has 0 unspecified atom stereocenters. The molecule has 2 N–H and O–H groups in total. The predicted molar refractivity (Wildman–Crippen MR) is 85.8 cm³/mol. The van der Waals surface area contributed by atoms with Crippen LogP contribution >= 0.6 is 24.0 Å². The Labute approximate surface area is 124 Å². The highest BCUT2D eigenvalue weighted by molar-refractivity contribution is 7.98. The number of nitrogens with two attached hydrogens (primary N) is 1. The van der Waals surface area contributed by atoms with Crippen molar-refractivity contribution in [3.05, 3.63) is 35.4 Å². The fraction of sp³-hybridized carbons (Fsp3) is 0.500. The lowest BCUT2D eigenvalue weighted by Gasteiger charge is -2.26. The third kappa shape index (κ3) is 4.76. The van der Waals surface area contributed by atoms with E-state index in [0.717, 1.165) is 49.9 Å². The summed E-state index contributed by atoms with van der Waals surface area (Å²) in [7, 11) is 0. The van der Waals surface area contributed by atoms with Crippen molar-refractivity contribution in [2.45, 2.75) is 5.75 Å². The minimum Gasteiger partial charge on any atom is -0.389 e. The van der Waals surface area contributed by atoms with Crippen molar-refractivity contribution in [2.24, 2.45) is 5.73 Å². The average molecular weight is 296 g/mol. The normalized spacial score (nSPS) is 16.4. The zero-order chi connectivity index (χ0) is 13.5. The Morgan fingerprint density at radius 2 is 2.05 bits per heavy atom. The van der Waals surface area contributed by atoms with Crippen LogP contribution in [0.1, 0.15) is 11.1 Å². The SMILES string of the molecule is NC(=S)c1ccccc1CSCCN1CCOCC1. The van der Waals surface area contributed by atoms with Gasteiger partial charge in [-0.05, 0) is 5.56 Å². The van der Waals surface area contributed by atoms with Gasteiger partial charge in [0, 0.05) is 36.7 Å².